The van der Waals surface area contributed by atoms with Crippen LogP contribution >= 0.6 is 0 Å². The molecule has 0 saturated carbocycles. The number of aliphatic hydroxyl groups excluding tert-OH is 2. The number of ether oxygens (including phenoxy) is 2. The molecular formula is C7H14O5. The van der Waals surface area contributed by atoms with Crippen LogP contribution in [0.3, 0.4) is 0 Å². The highest BCUT2D eigenvalue weighted by Crippen LogP contribution is 1.91. The maximum Gasteiger partial charge on any atom is 0.508 e. The Morgan fingerprint density at radius 3 is 2.25 bits per heavy atom. The lowest BCUT2D eigenvalue weighted by molar-refractivity contribution is 0.0418. The highest BCUT2D eigenvalue weighted by molar-refractivity contribution is 5.59. The van der Waals surface area contributed by atoms with Gasteiger partial charge in [0.1, 0.15) is 6.61 Å². The van der Waals surface area contributed by atoms with E-state index in [0.29, 0.717) is 12.8 Å². The molecule has 0 bridgehead atoms. The van der Waals surface area contributed by atoms with Crippen LogP contribution in [0.15, 0.2) is 0 Å². The summed E-state index contributed by atoms with van der Waals surface area (Å²) < 4.78 is 8.96. The average molecular weight is 178 g/mol. The lowest BCUT2D eigenvalue weighted by Gasteiger charge is -2.03. The zero-order valence-corrected chi connectivity index (χ0v) is 6.86. The monoisotopic (exact) mass is 178 g/mol. The van der Waals surface area contributed by atoms with Gasteiger partial charge in [0, 0.05) is 6.61 Å². The van der Waals surface area contributed by atoms with E-state index in [-0.39, 0.29) is 26.4 Å². The van der Waals surface area contributed by atoms with Crippen molar-refractivity contribution in [2.45, 2.75) is 12.8 Å². The van der Waals surface area contributed by atoms with Gasteiger partial charge in [-0.1, -0.05) is 0 Å². The minimum Gasteiger partial charge on any atom is -0.434 e. The first-order chi connectivity index (χ1) is 5.81. The smallest absolute Gasteiger partial charge is 0.434 e. The van der Waals surface area contributed by atoms with Crippen molar-refractivity contribution < 1.29 is 24.5 Å². The van der Waals surface area contributed by atoms with Crippen LogP contribution < -0.4 is 0 Å². The van der Waals surface area contributed by atoms with E-state index in [0.717, 1.165) is 0 Å². The fourth-order valence-corrected chi connectivity index (χ4v) is 0.540. The van der Waals surface area contributed by atoms with Gasteiger partial charge in [-0.3, -0.25) is 0 Å². The first-order valence-electron chi connectivity index (χ1n) is 3.82. The Morgan fingerprint density at radius 2 is 1.67 bits per heavy atom. The molecule has 0 radical (unpaired) electrons. The highest BCUT2D eigenvalue weighted by atomic mass is 16.7. The van der Waals surface area contributed by atoms with Crippen LogP contribution in [0.25, 0.3) is 0 Å². The van der Waals surface area contributed by atoms with Gasteiger partial charge >= 0.3 is 6.16 Å². The topological polar surface area (TPSA) is 76.0 Å². The molecule has 0 fully saturated rings. The summed E-state index contributed by atoms with van der Waals surface area (Å²) >= 11 is 0. The van der Waals surface area contributed by atoms with Crippen LogP contribution in [0.5, 0.6) is 0 Å². The van der Waals surface area contributed by atoms with E-state index >= 15 is 0 Å². The van der Waals surface area contributed by atoms with E-state index in [1.807, 2.05) is 0 Å². The zero-order valence-electron chi connectivity index (χ0n) is 6.86. The van der Waals surface area contributed by atoms with Gasteiger partial charge in [0.05, 0.1) is 13.2 Å². The third kappa shape index (κ3) is 7.30. The fourth-order valence-electron chi connectivity index (χ4n) is 0.540. The summed E-state index contributed by atoms with van der Waals surface area (Å²) in [5.74, 6) is 0. The lowest BCUT2D eigenvalue weighted by atomic mass is 10.3. The van der Waals surface area contributed by atoms with Crippen LogP contribution in [0.2, 0.25) is 0 Å². The van der Waals surface area contributed by atoms with Crippen molar-refractivity contribution >= 4 is 6.16 Å². The summed E-state index contributed by atoms with van der Waals surface area (Å²) in [6.45, 7) is 0.0877. The normalized spacial score (nSPS) is 9.50. The lowest BCUT2D eigenvalue weighted by Crippen LogP contribution is -2.11. The summed E-state index contributed by atoms with van der Waals surface area (Å²) in [5, 5.41) is 16.6. The van der Waals surface area contributed by atoms with Crippen molar-refractivity contribution in [2.75, 3.05) is 26.4 Å². The van der Waals surface area contributed by atoms with Gasteiger partial charge in [-0.05, 0) is 12.8 Å². The van der Waals surface area contributed by atoms with E-state index in [1.165, 1.54) is 0 Å². The van der Waals surface area contributed by atoms with Gasteiger partial charge in [0.2, 0.25) is 0 Å². The number of rotatable bonds is 6. The van der Waals surface area contributed by atoms with Gasteiger partial charge in [0.15, 0.2) is 0 Å². The molecule has 12 heavy (non-hydrogen) atoms. The Morgan fingerprint density at radius 1 is 1.00 bits per heavy atom. The summed E-state index contributed by atoms with van der Waals surface area (Å²) in [5.41, 5.74) is 0. The Kier molecular flexibility index (Phi) is 7.73. The molecule has 0 heterocycles. The van der Waals surface area contributed by atoms with Gasteiger partial charge in [0.25, 0.3) is 0 Å². The Labute approximate surface area is 70.9 Å². The maximum atomic E-state index is 10.5. The molecular weight excluding hydrogens is 164 g/mol. The largest absolute Gasteiger partial charge is 0.508 e. The molecule has 72 valence electrons. The van der Waals surface area contributed by atoms with Crippen LogP contribution in [0.1, 0.15) is 12.8 Å². The summed E-state index contributed by atoms with van der Waals surface area (Å²) in [6, 6.07) is 0. The molecule has 0 aliphatic rings. The Balaban J connectivity index is 3.08. The number of carbonyl (C=O) groups excluding carboxylic acids is 1. The van der Waals surface area contributed by atoms with E-state index in [2.05, 4.69) is 9.47 Å². The molecule has 0 aliphatic carbocycles. The number of aliphatic hydroxyl groups is 2. The van der Waals surface area contributed by atoms with E-state index in [9.17, 15) is 4.79 Å². The van der Waals surface area contributed by atoms with Crippen molar-refractivity contribution in [1.29, 1.82) is 0 Å². The molecule has 0 saturated heterocycles. The quantitative estimate of drug-likeness (QED) is 0.439. The number of unbranched alkanes of at least 4 members (excludes halogenated alkanes) is 1. The van der Waals surface area contributed by atoms with E-state index in [1.54, 1.807) is 0 Å². The first-order valence-corrected chi connectivity index (χ1v) is 3.82. The number of hydrogen-bond donors (Lipinski definition) is 2. The predicted octanol–water partition coefficient (Wildman–Crippen LogP) is -0.0956. The molecule has 2 N–H and O–H groups in total. The molecule has 0 rings (SSSR count). The molecule has 0 aromatic heterocycles. The van der Waals surface area contributed by atoms with Gasteiger partial charge in [-0.2, -0.15) is 0 Å². The first kappa shape index (κ1) is 11.2. The minimum absolute atomic E-state index is 0.0428. The molecule has 0 aromatic rings. The summed E-state index contributed by atoms with van der Waals surface area (Å²) in [6.07, 6.45) is 0.444. The molecule has 5 nitrogen and oxygen atoms in total. The molecule has 0 amide bonds. The standard InChI is InChI=1S/C7H14O5/c8-3-1-2-5-11-7(10)12-6-4-9/h8-9H,1-6H2. The van der Waals surface area contributed by atoms with Crippen LogP contribution in [0, 0.1) is 0 Å². The molecule has 0 spiro atoms. The second-order valence-electron chi connectivity index (χ2n) is 2.10. The van der Waals surface area contributed by atoms with E-state index < -0.39 is 6.16 Å². The molecule has 5 heteroatoms. The molecule has 0 unspecified atom stereocenters. The van der Waals surface area contributed by atoms with Gasteiger partial charge in [-0.25, -0.2) is 4.79 Å². The average Bonchev–Trinajstić information content (AvgIpc) is 2.09. The van der Waals surface area contributed by atoms with Gasteiger partial charge in [-0.15, -0.1) is 0 Å². The van der Waals surface area contributed by atoms with Crippen molar-refractivity contribution in [1.82, 2.24) is 0 Å². The van der Waals surface area contributed by atoms with Crippen molar-refractivity contribution in [3.63, 3.8) is 0 Å². The van der Waals surface area contributed by atoms with Crippen molar-refractivity contribution in [3.05, 3.63) is 0 Å². The van der Waals surface area contributed by atoms with Crippen molar-refractivity contribution in [2.24, 2.45) is 0 Å². The Bertz CT molecular complexity index is 114. The number of hydrogen-bond acceptors (Lipinski definition) is 5. The summed E-state index contributed by atoms with van der Waals surface area (Å²) in [4.78, 5) is 10.5. The zero-order chi connectivity index (χ0) is 9.23. The molecule has 0 aromatic carbocycles. The maximum absolute atomic E-state index is 10.5. The molecule has 0 atom stereocenters. The van der Waals surface area contributed by atoms with Crippen molar-refractivity contribution in [3.8, 4) is 0 Å². The Hall–Kier alpha value is -0.810. The van der Waals surface area contributed by atoms with E-state index in [4.69, 9.17) is 10.2 Å². The van der Waals surface area contributed by atoms with Gasteiger partial charge < -0.3 is 19.7 Å². The second kappa shape index (κ2) is 8.29. The van der Waals surface area contributed by atoms with Crippen LogP contribution in [-0.4, -0.2) is 42.8 Å². The molecule has 0 aliphatic heterocycles. The third-order valence-electron chi connectivity index (χ3n) is 1.08. The summed E-state index contributed by atoms with van der Waals surface area (Å²) in [7, 11) is 0. The number of carbonyl (C=O) groups is 1. The van der Waals surface area contributed by atoms with Crippen LogP contribution in [0.4, 0.5) is 4.79 Å². The second-order valence-corrected chi connectivity index (χ2v) is 2.10. The fraction of sp³-hybridized carbons (Fsp3) is 0.857. The van der Waals surface area contributed by atoms with Crippen LogP contribution in [-0.2, 0) is 9.47 Å². The predicted molar refractivity (Wildman–Crippen MR) is 40.7 cm³/mol. The SMILES string of the molecule is O=C(OCCO)OCCCCO. The third-order valence-corrected chi connectivity index (χ3v) is 1.08. The highest BCUT2D eigenvalue weighted by Gasteiger charge is 2.01. The minimum atomic E-state index is -0.776.